The number of phenolic OH excluding ortho intramolecular Hbond substituents is 1. The van der Waals surface area contributed by atoms with E-state index >= 15 is 0 Å². The molecule has 1 N–H and O–H groups in total. The van der Waals surface area contributed by atoms with Crippen molar-refractivity contribution in [3.05, 3.63) is 42.2 Å². The molecule has 0 spiro atoms. The maximum Gasteiger partial charge on any atom is 0.141 e. The Morgan fingerprint density at radius 2 is 1.47 bits per heavy atom. The van der Waals surface area contributed by atoms with Gasteiger partial charge >= 0.3 is 0 Å². The first-order valence-corrected chi connectivity index (χ1v) is 8.32. The zero-order chi connectivity index (χ0) is 14.2. The van der Waals surface area contributed by atoms with Gasteiger partial charge in [-0.2, -0.15) is 0 Å². The van der Waals surface area contributed by atoms with Crippen LogP contribution < -0.4 is 4.74 Å². The summed E-state index contributed by atoms with van der Waals surface area (Å²) in [5, 5.41) is 10.2. The molecule has 0 radical (unpaired) electrons. The molecule has 0 saturated heterocycles. The number of hydrogen-bond acceptors (Lipinski definition) is 2. The Balaban J connectivity index is 2.79. The summed E-state index contributed by atoms with van der Waals surface area (Å²) in [6, 6.07) is 7.32. The van der Waals surface area contributed by atoms with E-state index in [1.807, 2.05) is 18.2 Å². The Labute approximate surface area is 144 Å². The zero-order valence-corrected chi connectivity index (χ0v) is 16.0. The molecule has 2 aromatic rings. The summed E-state index contributed by atoms with van der Waals surface area (Å²) in [5.74, 6) is 0.839. The van der Waals surface area contributed by atoms with Crippen LogP contribution in [-0.4, -0.2) is 12.2 Å². The topological polar surface area (TPSA) is 29.5 Å². The van der Waals surface area contributed by atoms with Crippen molar-refractivity contribution in [3.8, 4) is 22.6 Å². The van der Waals surface area contributed by atoms with E-state index in [0.717, 1.165) is 23.5 Å². The highest BCUT2D eigenvalue weighted by molar-refractivity contribution is 9.11. The number of benzene rings is 2. The average Bonchev–Trinajstić information content (AvgIpc) is 2.26. The van der Waals surface area contributed by atoms with E-state index in [1.54, 1.807) is 13.2 Å². The van der Waals surface area contributed by atoms with Gasteiger partial charge in [0, 0.05) is 24.5 Å². The zero-order valence-electron chi connectivity index (χ0n) is 9.68. The van der Waals surface area contributed by atoms with Gasteiger partial charge in [0.2, 0.25) is 0 Å². The number of methoxy groups -OCH3 is 1. The van der Waals surface area contributed by atoms with Crippen molar-refractivity contribution >= 4 is 63.7 Å². The fourth-order valence-corrected chi connectivity index (χ4v) is 4.58. The van der Waals surface area contributed by atoms with E-state index < -0.39 is 0 Å². The third kappa shape index (κ3) is 3.17. The lowest BCUT2D eigenvalue weighted by molar-refractivity contribution is 0.413. The van der Waals surface area contributed by atoms with E-state index in [1.165, 1.54) is 0 Å². The molecule has 2 aromatic carbocycles. The van der Waals surface area contributed by atoms with Crippen LogP contribution in [0.4, 0.5) is 0 Å². The van der Waals surface area contributed by atoms with Crippen LogP contribution in [0.5, 0.6) is 11.5 Å². The van der Waals surface area contributed by atoms with Gasteiger partial charge in [-0.25, -0.2) is 0 Å². The minimum Gasteiger partial charge on any atom is -0.507 e. The molecule has 0 amide bonds. The van der Waals surface area contributed by atoms with Crippen molar-refractivity contribution in [1.82, 2.24) is 0 Å². The Hall–Kier alpha value is -0.0400. The Morgan fingerprint density at radius 1 is 0.895 bits per heavy atom. The van der Waals surface area contributed by atoms with Crippen molar-refractivity contribution in [3.63, 3.8) is 0 Å². The number of hydrogen-bond donors (Lipinski definition) is 1. The molecule has 0 saturated carbocycles. The van der Waals surface area contributed by atoms with Gasteiger partial charge in [0.15, 0.2) is 0 Å². The second-order valence-electron chi connectivity index (χ2n) is 3.75. The van der Waals surface area contributed by atoms with Crippen molar-refractivity contribution in [2.24, 2.45) is 0 Å². The van der Waals surface area contributed by atoms with Crippen molar-refractivity contribution in [2.75, 3.05) is 7.11 Å². The van der Waals surface area contributed by atoms with Crippen LogP contribution in [0, 0.1) is 0 Å². The van der Waals surface area contributed by atoms with Crippen LogP contribution in [0.25, 0.3) is 11.1 Å². The normalized spacial score (nSPS) is 10.6. The molecule has 0 unspecified atom stereocenters. The SMILES string of the molecule is COc1c(Br)cc(Br)cc1-c1c(O)cc(Br)cc1Br. The van der Waals surface area contributed by atoms with Gasteiger partial charge in [0.25, 0.3) is 0 Å². The molecule has 0 aliphatic rings. The highest BCUT2D eigenvalue weighted by atomic mass is 79.9. The number of phenols is 1. The lowest BCUT2D eigenvalue weighted by atomic mass is 10.0. The Morgan fingerprint density at radius 3 is 2.05 bits per heavy atom. The maximum atomic E-state index is 10.2. The van der Waals surface area contributed by atoms with Gasteiger partial charge in [-0.1, -0.05) is 31.9 Å². The summed E-state index contributed by atoms with van der Waals surface area (Å²) < 4.78 is 8.70. The monoisotopic (exact) mass is 512 g/mol. The van der Waals surface area contributed by atoms with E-state index in [0.29, 0.717) is 11.3 Å². The third-order valence-corrected chi connectivity index (χ3v) is 4.65. The number of aromatic hydroxyl groups is 1. The predicted molar refractivity (Wildman–Crippen MR) is 90.9 cm³/mol. The Bertz CT molecular complexity index is 618. The predicted octanol–water partition coefficient (Wildman–Crippen LogP) is 6.12. The van der Waals surface area contributed by atoms with Gasteiger partial charge in [-0.05, 0) is 56.1 Å². The fourth-order valence-electron chi connectivity index (χ4n) is 1.78. The maximum absolute atomic E-state index is 10.2. The largest absolute Gasteiger partial charge is 0.507 e. The van der Waals surface area contributed by atoms with Crippen LogP contribution in [0.3, 0.4) is 0 Å². The molecule has 19 heavy (non-hydrogen) atoms. The second-order valence-corrected chi connectivity index (χ2v) is 7.29. The van der Waals surface area contributed by atoms with E-state index in [-0.39, 0.29) is 5.75 Å². The molecule has 0 fully saturated rings. The number of rotatable bonds is 2. The van der Waals surface area contributed by atoms with Gasteiger partial charge in [-0.3, -0.25) is 0 Å². The van der Waals surface area contributed by atoms with Crippen molar-refractivity contribution in [2.45, 2.75) is 0 Å². The van der Waals surface area contributed by atoms with Gasteiger partial charge < -0.3 is 9.84 Å². The highest BCUT2D eigenvalue weighted by Gasteiger charge is 2.17. The van der Waals surface area contributed by atoms with Gasteiger partial charge in [0.1, 0.15) is 11.5 Å². The molecular weight excluding hydrogens is 508 g/mol. The quantitative estimate of drug-likeness (QED) is 0.522. The molecule has 2 nitrogen and oxygen atoms in total. The standard InChI is InChI=1S/C13H8Br4O2/c1-19-13-8(2-6(14)4-10(13)17)12-9(16)3-7(15)5-11(12)18/h2-5,18H,1H3. The molecule has 0 aliphatic heterocycles. The molecule has 0 aliphatic carbocycles. The molecule has 0 aromatic heterocycles. The van der Waals surface area contributed by atoms with E-state index in [4.69, 9.17) is 4.74 Å². The molecular formula is C13H8Br4O2. The lowest BCUT2D eigenvalue weighted by Crippen LogP contribution is -1.91. The summed E-state index contributed by atoms with van der Waals surface area (Å²) in [7, 11) is 1.60. The summed E-state index contributed by atoms with van der Waals surface area (Å²) in [4.78, 5) is 0. The van der Waals surface area contributed by atoms with Crippen molar-refractivity contribution < 1.29 is 9.84 Å². The minimum absolute atomic E-state index is 0.171. The number of ether oxygens (including phenoxy) is 1. The Kier molecular flexibility index (Phi) is 4.98. The van der Waals surface area contributed by atoms with Crippen LogP contribution in [0.2, 0.25) is 0 Å². The lowest BCUT2D eigenvalue weighted by Gasteiger charge is -2.14. The molecule has 2 rings (SSSR count). The first kappa shape index (κ1) is 15.4. The average molecular weight is 516 g/mol. The third-order valence-electron chi connectivity index (χ3n) is 2.52. The van der Waals surface area contributed by atoms with Gasteiger partial charge in [-0.15, -0.1) is 0 Å². The van der Waals surface area contributed by atoms with E-state index in [2.05, 4.69) is 63.7 Å². The van der Waals surface area contributed by atoms with Crippen LogP contribution >= 0.6 is 63.7 Å². The highest BCUT2D eigenvalue weighted by Crippen LogP contribution is 2.46. The minimum atomic E-state index is 0.171. The van der Waals surface area contributed by atoms with Gasteiger partial charge in [0.05, 0.1) is 11.6 Å². The van der Waals surface area contributed by atoms with Crippen LogP contribution in [-0.2, 0) is 0 Å². The smallest absolute Gasteiger partial charge is 0.141 e. The molecule has 0 bridgehead atoms. The summed E-state index contributed by atoms with van der Waals surface area (Å²) in [5.41, 5.74) is 1.47. The first-order valence-electron chi connectivity index (χ1n) is 5.15. The summed E-state index contributed by atoms with van der Waals surface area (Å²) in [6.45, 7) is 0. The first-order chi connectivity index (χ1) is 8.93. The van der Waals surface area contributed by atoms with Crippen LogP contribution in [0.1, 0.15) is 0 Å². The molecule has 0 atom stereocenters. The summed E-state index contributed by atoms with van der Waals surface area (Å²) in [6.07, 6.45) is 0. The number of halogens is 4. The molecule has 6 heteroatoms. The summed E-state index contributed by atoms with van der Waals surface area (Å²) >= 11 is 13.7. The fraction of sp³-hybridized carbons (Fsp3) is 0.0769. The van der Waals surface area contributed by atoms with E-state index in [9.17, 15) is 5.11 Å². The van der Waals surface area contributed by atoms with Crippen molar-refractivity contribution in [1.29, 1.82) is 0 Å². The second kappa shape index (κ2) is 6.16. The molecule has 0 heterocycles. The molecule has 100 valence electrons. The van der Waals surface area contributed by atoms with Crippen LogP contribution in [0.15, 0.2) is 42.2 Å².